The maximum Gasteiger partial charge on any atom is 0.271 e. The molecule has 0 aliphatic carbocycles. The van der Waals surface area contributed by atoms with E-state index in [9.17, 15) is 9.59 Å². The van der Waals surface area contributed by atoms with Crippen LogP contribution in [-0.2, 0) is 0 Å². The number of pyridine rings is 1. The summed E-state index contributed by atoms with van der Waals surface area (Å²) in [5, 5.41) is 4.42. The number of aromatic nitrogens is 3. The van der Waals surface area contributed by atoms with Crippen LogP contribution in [0, 0.1) is 0 Å². The van der Waals surface area contributed by atoms with Crippen LogP contribution in [0.5, 0.6) is 0 Å². The first kappa shape index (κ1) is 14.4. The molecule has 6 nitrogen and oxygen atoms in total. The fourth-order valence-electron chi connectivity index (χ4n) is 2.00. The average molecular weight is 314 g/mol. The molecule has 0 saturated carbocycles. The number of anilines is 1. The van der Waals surface area contributed by atoms with Gasteiger partial charge in [-0.1, -0.05) is 13.8 Å². The van der Waals surface area contributed by atoms with Gasteiger partial charge >= 0.3 is 0 Å². The molecule has 3 aromatic rings. The van der Waals surface area contributed by atoms with Gasteiger partial charge in [-0.05, 0) is 18.1 Å². The molecule has 22 heavy (non-hydrogen) atoms. The Morgan fingerprint density at radius 2 is 2.09 bits per heavy atom. The molecule has 0 aromatic carbocycles. The first-order valence-corrected chi connectivity index (χ1v) is 7.66. The Labute approximate surface area is 130 Å². The van der Waals surface area contributed by atoms with Gasteiger partial charge in [-0.3, -0.25) is 19.0 Å². The highest BCUT2D eigenvalue weighted by Gasteiger charge is 2.14. The van der Waals surface area contributed by atoms with Crippen molar-refractivity contribution >= 4 is 27.9 Å². The Kier molecular flexibility index (Phi) is 3.72. The lowest BCUT2D eigenvalue weighted by atomic mass is 10.1. The first-order valence-electron chi connectivity index (χ1n) is 6.78. The van der Waals surface area contributed by atoms with Gasteiger partial charge in [0, 0.05) is 23.5 Å². The van der Waals surface area contributed by atoms with Gasteiger partial charge in [-0.25, -0.2) is 4.98 Å². The Bertz CT molecular complexity index is 880. The van der Waals surface area contributed by atoms with E-state index >= 15 is 0 Å². The zero-order valence-electron chi connectivity index (χ0n) is 12.1. The van der Waals surface area contributed by atoms with Gasteiger partial charge in [-0.15, -0.1) is 11.3 Å². The molecule has 0 radical (unpaired) electrons. The molecule has 0 unspecified atom stereocenters. The summed E-state index contributed by atoms with van der Waals surface area (Å²) in [7, 11) is 0. The summed E-state index contributed by atoms with van der Waals surface area (Å²) in [4.78, 5) is 33.4. The zero-order chi connectivity index (χ0) is 15.7. The topological polar surface area (TPSA) is 76.4 Å². The maximum atomic E-state index is 12.2. The molecule has 7 heteroatoms. The highest BCUT2D eigenvalue weighted by molar-refractivity contribution is 7.15. The zero-order valence-corrected chi connectivity index (χ0v) is 12.9. The van der Waals surface area contributed by atoms with Gasteiger partial charge in [0.1, 0.15) is 5.56 Å². The number of hydrogen-bond acceptors (Lipinski definition) is 5. The van der Waals surface area contributed by atoms with E-state index in [1.54, 1.807) is 23.8 Å². The van der Waals surface area contributed by atoms with Crippen LogP contribution >= 0.6 is 11.3 Å². The van der Waals surface area contributed by atoms with Crippen molar-refractivity contribution in [2.45, 2.75) is 19.8 Å². The molecule has 1 amide bonds. The largest absolute Gasteiger partial charge is 0.320 e. The first-order chi connectivity index (χ1) is 10.6. The number of nitrogens with one attached hydrogen (secondary N) is 1. The number of rotatable bonds is 3. The maximum absolute atomic E-state index is 12.2. The highest BCUT2D eigenvalue weighted by atomic mass is 32.1. The molecule has 0 spiro atoms. The van der Waals surface area contributed by atoms with Gasteiger partial charge in [0.25, 0.3) is 11.5 Å². The number of carbonyl (C=O) groups is 1. The van der Waals surface area contributed by atoms with Gasteiger partial charge in [0.15, 0.2) is 4.96 Å². The molecule has 0 saturated heterocycles. The van der Waals surface area contributed by atoms with Crippen molar-refractivity contribution in [1.29, 1.82) is 0 Å². The van der Waals surface area contributed by atoms with Crippen molar-refractivity contribution in [2.75, 3.05) is 5.32 Å². The standard InChI is InChI=1S/C15H14N4O2S/c1-9(2)12-4-3-10(7-16-12)18-13(20)11-8-17-15-19(14(11)21)5-6-22-15/h3-9H,1-2H3,(H,18,20). The Balaban J connectivity index is 1.86. The van der Waals surface area contributed by atoms with E-state index in [4.69, 9.17) is 0 Å². The molecule has 0 bridgehead atoms. The number of amides is 1. The van der Waals surface area contributed by atoms with Crippen LogP contribution in [0.2, 0.25) is 0 Å². The fraction of sp³-hybridized carbons (Fsp3) is 0.200. The van der Waals surface area contributed by atoms with Crippen molar-refractivity contribution in [3.63, 3.8) is 0 Å². The smallest absolute Gasteiger partial charge is 0.271 e. The number of thiazole rings is 1. The Hall–Kier alpha value is -2.54. The highest BCUT2D eigenvalue weighted by Crippen LogP contribution is 2.14. The van der Waals surface area contributed by atoms with Crippen molar-refractivity contribution < 1.29 is 4.79 Å². The molecule has 0 atom stereocenters. The van der Waals surface area contributed by atoms with Crippen molar-refractivity contribution in [3.8, 4) is 0 Å². The van der Waals surface area contributed by atoms with Crippen LogP contribution in [0.4, 0.5) is 5.69 Å². The fourth-order valence-corrected chi connectivity index (χ4v) is 2.67. The summed E-state index contributed by atoms with van der Waals surface area (Å²) in [6, 6.07) is 3.63. The van der Waals surface area contributed by atoms with Gasteiger partial charge in [-0.2, -0.15) is 0 Å². The van der Waals surface area contributed by atoms with E-state index in [1.807, 2.05) is 19.9 Å². The monoisotopic (exact) mass is 314 g/mol. The molecule has 3 rings (SSSR count). The van der Waals surface area contributed by atoms with E-state index in [0.717, 1.165) is 5.69 Å². The van der Waals surface area contributed by atoms with Crippen molar-refractivity contribution in [2.24, 2.45) is 0 Å². The lowest BCUT2D eigenvalue weighted by Gasteiger charge is -2.07. The van der Waals surface area contributed by atoms with Crippen LogP contribution in [0.15, 0.2) is 40.9 Å². The van der Waals surface area contributed by atoms with E-state index < -0.39 is 5.91 Å². The Morgan fingerprint density at radius 3 is 2.77 bits per heavy atom. The molecule has 0 aliphatic heterocycles. The minimum atomic E-state index is -0.489. The molecule has 1 N–H and O–H groups in total. The summed E-state index contributed by atoms with van der Waals surface area (Å²) in [5.41, 5.74) is 1.11. The van der Waals surface area contributed by atoms with Crippen molar-refractivity contribution in [3.05, 3.63) is 57.7 Å². The summed E-state index contributed by atoms with van der Waals surface area (Å²) < 4.78 is 1.36. The van der Waals surface area contributed by atoms with E-state index in [2.05, 4.69) is 15.3 Å². The minimum absolute atomic E-state index is 0.00355. The molecule has 112 valence electrons. The third-order valence-electron chi connectivity index (χ3n) is 3.22. The summed E-state index contributed by atoms with van der Waals surface area (Å²) in [5.74, 6) is -0.170. The van der Waals surface area contributed by atoms with Crippen LogP contribution < -0.4 is 10.9 Å². The van der Waals surface area contributed by atoms with E-state index in [1.165, 1.54) is 21.9 Å². The number of hydrogen-bond donors (Lipinski definition) is 1. The van der Waals surface area contributed by atoms with Gasteiger partial charge in [0.05, 0.1) is 11.9 Å². The average Bonchev–Trinajstić information content (AvgIpc) is 2.97. The van der Waals surface area contributed by atoms with Crippen molar-refractivity contribution in [1.82, 2.24) is 14.4 Å². The normalized spacial score (nSPS) is 11.0. The SMILES string of the molecule is CC(C)c1ccc(NC(=O)c2cnc3sccn3c2=O)cn1. The molecular weight excluding hydrogens is 300 g/mol. The number of carbonyl (C=O) groups excluding carboxylic acids is 1. The van der Waals surface area contributed by atoms with Crippen LogP contribution in [0.25, 0.3) is 4.96 Å². The predicted octanol–water partition coefficient (Wildman–Crippen LogP) is 2.53. The third kappa shape index (κ3) is 2.62. The molecular formula is C15H14N4O2S. The van der Waals surface area contributed by atoms with E-state index in [-0.39, 0.29) is 11.1 Å². The lowest BCUT2D eigenvalue weighted by molar-refractivity contribution is 0.102. The predicted molar refractivity (Wildman–Crippen MR) is 85.6 cm³/mol. The summed E-state index contributed by atoms with van der Waals surface area (Å²) in [6.07, 6.45) is 4.49. The molecule has 3 heterocycles. The lowest BCUT2D eigenvalue weighted by Crippen LogP contribution is -2.25. The quantitative estimate of drug-likeness (QED) is 0.806. The number of nitrogens with zero attached hydrogens (tertiary/aromatic N) is 3. The second kappa shape index (κ2) is 5.69. The second-order valence-corrected chi connectivity index (χ2v) is 5.99. The molecule has 3 aromatic heterocycles. The summed E-state index contributed by atoms with van der Waals surface area (Å²) >= 11 is 1.34. The second-order valence-electron chi connectivity index (χ2n) is 5.11. The van der Waals surface area contributed by atoms with Crippen LogP contribution in [0.3, 0.4) is 0 Å². The third-order valence-corrected chi connectivity index (χ3v) is 3.99. The van der Waals surface area contributed by atoms with Crippen LogP contribution in [-0.4, -0.2) is 20.3 Å². The van der Waals surface area contributed by atoms with E-state index in [0.29, 0.717) is 16.6 Å². The van der Waals surface area contributed by atoms with Gasteiger partial charge in [0.2, 0.25) is 0 Å². The van der Waals surface area contributed by atoms with Crippen LogP contribution in [0.1, 0.15) is 35.8 Å². The Morgan fingerprint density at radius 1 is 1.27 bits per heavy atom. The molecule has 0 fully saturated rings. The molecule has 0 aliphatic rings. The summed E-state index contributed by atoms with van der Waals surface area (Å²) in [6.45, 7) is 4.09. The van der Waals surface area contributed by atoms with Gasteiger partial charge < -0.3 is 5.32 Å². The number of fused-ring (bicyclic) bond motifs is 1. The minimum Gasteiger partial charge on any atom is -0.320 e.